The van der Waals surface area contributed by atoms with E-state index in [1.165, 1.54) is 0 Å². The molecule has 1 aliphatic rings. The number of amides is 1. The molecule has 1 aliphatic heterocycles. The van der Waals surface area contributed by atoms with Gasteiger partial charge >= 0.3 is 0 Å². The number of piperidine rings is 1. The third-order valence-corrected chi connectivity index (χ3v) is 4.21. The Balaban J connectivity index is 2.23. The number of methoxy groups -OCH3 is 1. The van der Waals surface area contributed by atoms with Gasteiger partial charge in [0.25, 0.3) is 0 Å². The molecule has 0 bridgehead atoms. The van der Waals surface area contributed by atoms with Crippen LogP contribution in [-0.2, 0) is 4.79 Å². The third-order valence-electron chi connectivity index (χ3n) is 4.21. The van der Waals surface area contributed by atoms with Crippen LogP contribution in [0, 0.1) is 0 Å². The number of benzene rings is 1. The number of carbonyl (C=O) groups excluding carboxylic acids is 1. The van der Waals surface area contributed by atoms with E-state index in [0.29, 0.717) is 18.9 Å². The van der Waals surface area contributed by atoms with Gasteiger partial charge in [0.05, 0.1) is 7.11 Å². The van der Waals surface area contributed by atoms with Crippen LogP contribution in [0.3, 0.4) is 0 Å². The summed E-state index contributed by atoms with van der Waals surface area (Å²) >= 11 is 0. The van der Waals surface area contributed by atoms with Crippen molar-refractivity contribution in [2.24, 2.45) is 5.73 Å². The first-order valence-electron chi connectivity index (χ1n) is 6.89. The van der Waals surface area contributed by atoms with Crippen LogP contribution >= 0.6 is 0 Å². The van der Waals surface area contributed by atoms with Gasteiger partial charge in [0.15, 0.2) is 0 Å². The maximum absolute atomic E-state index is 12.0. The van der Waals surface area contributed by atoms with Crippen LogP contribution in [-0.4, -0.2) is 43.1 Å². The molecule has 0 aromatic heterocycles. The van der Waals surface area contributed by atoms with E-state index >= 15 is 0 Å². The zero-order chi connectivity index (χ0) is 14.8. The minimum atomic E-state index is -0.682. The van der Waals surface area contributed by atoms with E-state index in [-0.39, 0.29) is 5.91 Å². The van der Waals surface area contributed by atoms with E-state index in [1.54, 1.807) is 7.11 Å². The Morgan fingerprint density at radius 3 is 2.90 bits per heavy atom. The molecule has 3 N–H and O–H groups in total. The first-order chi connectivity index (χ1) is 9.47. The average molecular weight is 277 g/mol. The Labute approximate surface area is 120 Å². The number of hydrogen-bond donors (Lipinski definition) is 2. The van der Waals surface area contributed by atoms with Gasteiger partial charge in [-0.2, -0.15) is 0 Å². The molecular weight excluding hydrogens is 254 g/mol. The van der Waals surface area contributed by atoms with Crippen LogP contribution in [0.25, 0.3) is 0 Å². The Kier molecular flexibility index (Phi) is 4.18. The molecule has 5 heteroatoms. The van der Waals surface area contributed by atoms with Crippen molar-refractivity contribution in [1.82, 2.24) is 4.90 Å². The lowest BCUT2D eigenvalue weighted by Gasteiger charge is -2.43. The monoisotopic (exact) mass is 277 g/mol. The second-order valence-electron chi connectivity index (χ2n) is 5.59. The Morgan fingerprint density at radius 1 is 1.55 bits per heavy atom. The number of anilines is 1. The summed E-state index contributed by atoms with van der Waals surface area (Å²) in [7, 11) is 3.70. The molecule has 0 saturated carbocycles. The molecule has 1 fully saturated rings. The molecule has 5 nitrogen and oxygen atoms in total. The maximum atomic E-state index is 12.0. The van der Waals surface area contributed by atoms with Crippen molar-refractivity contribution in [1.29, 1.82) is 0 Å². The summed E-state index contributed by atoms with van der Waals surface area (Å²) in [5.74, 6) is 0.468. The Hall–Kier alpha value is -1.75. The zero-order valence-electron chi connectivity index (χ0n) is 12.3. The maximum Gasteiger partial charge on any atom is 0.243 e. The molecule has 1 amide bonds. The van der Waals surface area contributed by atoms with Crippen LogP contribution in [0.2, 0.25) is 0 Å². The molecular formula is C15H23N3O2. The smallest absolute Gasteiger partial charge is 0.243 e. The summed E-state index contributed by atoms with van der Waals surface area (Å²) in [5.41, 5.74) is 5.86. The summed E-state index contributed by atoms with van der Waals surface area (Å²) in [5, 5.41) is 3.34. The van der Waals surface area contributed by atoms with Crippen molar-refractivity contribution in [2.75, 3.05) is 26.0 Å². The Morgan fingerprint density at radius 2 is 2.30 bits per heavy atom. The number of hydrogen-bond acceptors (Lipinski definition) is 4. The highest BCUT2D eigenvalue weighted by Gasteiger charge is 2.42. The topological polar surface area (TPSA) is 67.6 Å². The highest BCUT2D eigenvalue weighted by atomic mass is 16.5. The molecule has 0 aliphatic carbocycles. The van der Waals surface area contributed by atoms with Crippen molar-refractivity contribution in [3.63, 3.8) is 0 Å². The number of ether oxygens (including phenoxy) is 1. The van der Waals surface area contributed by atoms with E-state index in [2.05, 4.69) is 24.2 Å². The summed E-state index contributed by atoms with van der Waals surface area (Å²) in [6, 6.07) is 7.90. The van der Waals surface area contributed by atoms with E-state index in [1.807, 2.05) is 24.3 Å². The van der Waals surface area contributed by atoms with E-state index < -0.39 is 5.54 Å². The van der Waals surface area contributed by atoms with Crippen molar-refractivity contribution >= 4 is 11.6 Å². The molecule has 2 unspecified atom stereocenters. The number of carbonyl (C=O) groups is 1. The van der Waals surface area contributed by atoms with Crippen LogP contribution in [0.15, 0.2) is 24.3 Å². The fourth-order valence-electron chi connectivity index (χ4n) is 2.73. The van der Waals surface area contributed by atoms with Gasteiger partial charge in [0, 0.05) is 24.3 Å². The number of nitrogens with zero attached hydrogens (tertiary/aromatic N) is 1. The Bertz CT molecular complexity index is 492. The third kappa shape index (κ3) is 2.88. The van der Waals surface area contributed by atoms with Crippen molar-refractivity contribution < 1.29 is 9.53 Å². The van der Waals surface area contributed by atoms with Crippen LogP contribution in [0.4, 0.5) is 5.69 Å². The lowest BCUT2D eigenvalue weighted by molar-refractivity contribution is -0.124. The lowest BCUT2D eigenvalue weighted by atomic mass is 9.83. The minimum absolute atomic E-state index is 0.291. The number of rotatable bonds is 4. The molecule has 2 rings (SSSR count). The van der Waals surface area contributed by atoms with Gasteiger partial charge in [-0.3, -0.25) is 4.79 Å². The van der Waals surface area contributed by atoms with E-state index in [0.717, 1.165) is 18.0 Å². The first kappa shape index (κ1) is 14.7. The van der Waals surface area contributed by atoms with Crippen molar-refractivity contribution in [3.8, 4) is 5.75 Å². The van der Waals surface area contributed by atoms with Gasteiger partial charge in [-0.25, -0.2) is 0 Å². The van der Waals surface area contributed by atoms with Gasteiger partial charge in [-0.1, -0.05) is 6.07 Å². The predicted molar refractivity (Wildman–Crippen MR) is 79.9 cm³/mol. The number of primary amides is 1. The largest absolute Gasteiger partial charge is 0.497 e. The summed E-state index contributed by atoms with van der Waals surface area (Å²) in [6.45, 7) is 2.96. The van der Waals surface area contributed by atoms with Crippen LogP contribution in [0.5, 0.6) is 5.75 Å². The standard InChI is InChI=1S/C15H23N3O2/c1-11-10-15(14(16)19,7-8-18(11)2)17-12-5-4-6-13(9-12)20-3/h4-6,9,11,17H,7-8,10H2,1-3H3,(H2,16,19). The number of nitrogens with two attached hydrogens (primary N) is 1. The van der Waals surface area contributed by atoms with Gasteiger partial charge in [-0.05, 0) is 38.9 Å². The molecule has 1 aromatic rings. The fraction of sp³-hybridized carbons (Fsp3) is 0.533. The minimum Gasteiger partial charge on any atom is -0.497 e. The molecule has 2 atom stereocenters. The van der Waals surface area contributed by atoms with Crippen molar-refractivity contribution in [3.05, 3.63) is 24.3 Å². The number of likely N-dealkylation sites (tertiary alicyclic amines) is 1. The normalized spacial score (nSPS) is 27.1. The quantitative estimate of drug-likeness (QED) is 0.874. The molecule has 0 radical (unpaired) electrons. The average Bonchev–Trinajstić information content (AvgIpc) is 2.43. The molecule has 1 aromatic carbocycles. The van der Waals surface area contributed by atoms with Crippen LogP contribution < -0.4 is 15.8 Å². The van der Waals surface area contributed by atoms with E-state index in [9.17, 15) is 4.79 Å². The molecule has 20 heavy (non-hydrogen) atoms. The SMILES string of the molecule is COc1cccc(NC2(C(N)=O)CCN(C)C(C)C2)c1. The molecule has 1 heterocycles. The predicted octanol–water partition coefficient (Wildman–Crippen LogP) is 1.45. The second kappa shape index (κ2) is 5.71. The van der Waals surface area contributed by atoms with E-state index in [4.69, 9.17) is 10.5 Å². The highest BCUT2D eigenvalue weighted by Crippen LogP contribution is 2.30. The van der Waals surface area contributed by atoms with Gasteiger partial charge < -0.3 is 20.7 Å². The zero-order valence-corrected chi connectivity index (χ0v) is 12.3. The van der Waals surface area contributed by atoms with Gasteiger partial charge in [0.2, 0.25) is 5.91 Å². The molecule has 1 saturated heterocycles. The van der Waals surface area contributed by atoms with Crippen LogP contribution in [0.1, 0.15) is 19.8 Å². The highest BCUT2D eigenvalue weighted by molar-refractivity contribution is 5.88. The molecule has 110 valence electrons. The first-order valence-corrected chi connectivity index (χ1v) is 6.89. The lowest BCUT2D eigenvalue weighted by Crippen LogP contribution is -2.58. The summed E-state index contributed by atoms with van der Waals surface area (Å²) in [4.78, 5) is 14.2. The number of nitrogens with one attached hydrogen (secondary N) is 1. The van der Waals surface area contributed by atoms with Gasteiger partial charge in [0.1, 0.15) is 11.3 Å². The summed E-state index contributed by atoms with van der Waals surface area (Å²) in [6.07, 6.45) is 1.41. The summed E-state index contributed by atoms with van der Waals surface area (Å²) < 4.78 is 5.21. The van der Waals surface area contributed by atoms with Crippen molar-refractivity contribution in [2.45, 2.75) is 31.3 Å². The molecule has 0 spiro atoms. The second-order valence-corrected chi connectivity index (χ2v) is 5.59. The van der Waals surface area contributed by atoms with Gasteiger partial charge in [-0.15, -0.1) is 0 Å². The fourth-order valence-corrected chi connectivity index (χ4v) is 2.73.